The first-order valence-electron chi connectivity index (χ1n) is 18.3. The van der Waals surface area contributed by atoms with Gasteiger partial charge in [0, 0.05) is 55.2 Å². The van der Waals surface area contributed by atoms with Gasteiger partial charge in [0.25, 0.3) is 0 Å². The van der Waals surface area contributed by atoms with E-state index in [0.29, 0.717) is 0 Å². The Morgan fingerprint density at radius 1 is 0.296 bits per heavy atom. The quantitative estimate of drug-likeness (QED) is 0.176. The molecule has 10 aromatic rings. The summed E-state index contributed by atoms with van der Waals surface area (Å²) in [4.78, 5) is 11.0. The molecule has 0 saturated carbocycles. The zero-order valence-corrected chi connectivity index (χ0v) is 29.3. The first-order valence-corrected chi connectivity index (χ1v) is 18.3. The van der Waals surface area contributed by atoms with Crippen molar-refractivity contribution in [3.63, 3.8) is 0 Å². The van der Waals surface area contributed by atoms with Gasteiger partial charge >= 0.3 is 0 Å². The van der Waals surface area contributed by atoms with E-state index in [1.54, 1.807) is 0 Å². The SMILES string of the molecule is c1ccc(-n2c3ccccc3c3cc(/C4=N/c5ccccc5/C(c5ccc6c(c5)c5ccccc5n6-c5ccccc5)=N\c5ccccc54)ccc32)cc1. The highest BCUT2D eigenvalue weighted by atomic mass is 15.0. The molecule has 0 radical (unpaired) electrons. The van der Waals surface area contributed by atoms with Gasteiger partial charge in [-0.05, 0) is 72.8 Å². The average molecular weight is 689 g/mol. The minimum atomic E-state index is 0.888. The molecule has 0 spiro atoms. The second-order valence-electron chi connectivity index (χ2n) is 13.8. The summed E-state index contributed by atoms with van der Waals surface area (Å²) in [6.07, 6.45) is 0. The molecule has 0 amide bonds. The second kappa shape index (κ2) is 12.1. The Morgan fingerprint density at radius 3 is 1.13 bits per heavy atom. The van der Waals surface area contributed by atoms with Gasteiger partial charge in [-0.1, -0.05) is 121 Å². The van der Waals surface area contributed by atoms with Crippen LogP contribution in [0.5, 0.6) is 0 Å². The lowest BCUT2D eigenvalue weighted by molar-refractivity contribution is 1.18. The van der Waals surface area contributed by atoms with E-state index < -0.39 is 0 Å². The fourth-order valence-electron chi connectivity index (χ4n) is 8.30. The van der Waals surface area contributed by atoms with Crippen molar-refractivity contribution in [3.8, 4) is 11.4 Å². The fraction of sp³-hybridized carbons (Fsp3) is 0. The lowest BCUT2D eigenvalue weighted by Crippen LogP contribution is -2.10. The number of aliphatic imine (C=N–C) groups is 2. The minimum Gasteiger partial charge on any atom is -0.309 e. The summed E-state index contributed by atoms with van der Waals surface area (Å²) in [5.41, 5.74) is 14.6. The van der Waals surface area contributed by atoms with Crippen LogP contribution in [-0.2, 0) is 0 Å². The van der Waals surface area contributed by atoms with E-state index in [-0.39, 0.29) is 0 Å². The molecule has 4 heteroatoms. The smallest absolute Gasteiger partial charge is 0.0803 e. The van der Waals surface area contributed by atoms with E-state index >= 15 is 0 Å². The van der Waals surface area contributed by atoms with Gasteiger partial charge in [0.15, 0.2) is 0 Å². The maximum absolute atomic E-state index is 5.52. The van der Waals surface area contributed by atoms with Crippen molar-refractivity contribution in [3.05, 3.63) is 216 Å². The molecule has 0 aliphatic carbocycles. The van der Waals surface area contributed by atoms with Crippen LogP contribution in [0.1, 0.15) is 22.3 Å². The average Bonchev–Trinajstić information content (AvgIpc) is 3.74. The zero-order valence-electron chi connectivity index (χ0n) is 29.3. The van der Waals surface area contributed by atoms with Gasteiger partial charge in [0.1, 0.15) is 0 Å². The highest BCUT2D eigenvalue weighted by Gasteiger charge is 2.22. The third kappa shape index (κ3) is 4.70. The Bertz CT molecular complexity index is 2930. The Labute approximate surface area is 312 Å². The second-order valence-corrected chi connectivity index (χ2v) is 13.8. The molecular weight excluding hydrogens is 657 g/mol. The molecule has 11 rings (SSSR count). The maximum atomic E-state index is 5.52. The van der Waals surface area contributed by atoms with Gasteiger partial charge in [-0.2, -0.15) is 0 Å². The van der Waals surface area contributed by atoms with Crippen molar-refractivity contribution in [1.29, 1.82) is 0 Å². The molecule has 252 valence electrons. The minimum absolute atomic E-state index is 0.888. The Kier molecular flexibility index (Phi) is 6.82. The van der Waals surface area contributed by atoms with Crippen LogP contribution in [0.3, 0.4) is 0 Å². The molecule has 0 bridgehead atoms. The number of hydrogen-bond acceptors (Lipinski definition) is 2. The first kappa shape index (κ1) is 30.3. The van der Waals surface area contributed by atoms with Crippen LogP contribution in [0.15, 0.2) is 204 Å². The summed E-state index contributed by atoms with van der Waals surface area (Å²) in [6, 6.07) is 68.8. The highest BCUT2D eigenvalue weighted by molar-refractivity contribution is 6.25. The van der Waals surface area contributed by atoms with Crippen LogP contribution in [0.4, 0.5) is 11.4 Å². The molecule has 0 atom stereocenters. The van der Waals surface area contributed by atoms with E-state index in [0.717, 1.165) is 67.5 Å². The summed E-state index contributed by atoms with van der Waals surface area (Å²) >= 11 is 0. The molecule has 0 N–H and O–H groups in total. The van der Waals surface area contributed by atoms with Gasteiger partial charge in [-0.15, -0.1) is 0 Å². The largest absolute Gasteiger partial charge is 0.309 e. The van der Waals surface area contributed by atoms with E-state index in [1.165, 1.54) is 32.6 Å². The van der Waals surface area contributed by atoms with Crippen LogP contribution < -0.4 is 0 Å². The maximum Gasteiger partial charge on any atom is 0.0803 e. The number of benzene rings is 8. The normalized spacial score (nSPS) is 14.6. The van der Waals surface area contributed by atoms with Crippen molar-refractivity contribution in [2.24, 2.45) is 9.98 Å². The lowest BCUT2D eigenvalue weighted by Gasteiger charge is -2.18. The Morgan fingerprint density at radius 2 is 0.667 bits per heavy atom. The molecule has 1 aliphatic heterocycles. The van der Waals surface area contributed by atoms with Crippen LogP contribution in [0.25, 0.3) is 55.0 Å². The molecule has 2 aromatic heterocycles. The van der Waals surface area contributed by atoms with E-state index in [4.69, 9.17) is 9.98 Å². The van der Waals surface area contributed by atoms with Crippen LogP contribution >= 0.6 is 0 Å². The third-order valence-corrected chi connectivity index (χ3v) is 10.7. The molecular formula is C50H32N4. The van der Waals surface area contributed by atoms with Crippen LogP contribution in [-0.4, -0.2) is 20.6 Å². The monoisotopic (exact) mass is 688 g/mol. The van der Waals surface area contributed by atoms with Gasteiger partial charge in [0.2, 0.25) is 0 Å². The van der Waals surface area contributed by atoms with Gasteiger partial charge in [-0.3, -0.25) is 0 Å². The number of rotatable bonds is 4. The predicted molar refractivity (Wildman–Crippen MR) is 225 cm³/mol. The zero-order chi connectivity index (χ0) is 35.6. The van der Waals surface area contributed by atoms with Crippen molar-refractivity contribution in [2.75, 3.05) is 0 Å². The van der Waals surface area contributed by atoms with Gasteiger partial charge < -0.3 is 9.13 Å². The number of hydrogen-bond donors (Lipinski definition) is 0. The van der Waals surface area contributed by atoms with Crippen molar-refractivity contribution in [1.82, 2.24) is 9.13 Å². The summed E-state index contributed by atoms with van der Waals surface area (Å²) in [7, 11) is 0. The van der Waals surface area contributed by atoms with E-state index in [1.807, 2.05) is 0 Å². The molecule has 1 aliphatic rings. The molecule has 0 unspecified atom stereocenters. The number of para-hydroxylation sites is 6. The highest BCUT2D eigenvalue weighted by Crippen LogP contribution is 2.38. The van der Waals surface area contributed by atoms with Crippen LogP contribution in [0, 0.1) is 0 Å². The molecule has 54 heavy (non-hydrogen) atoms. The fourth-order valence-corrected chi connectivity index (χ4v) is 8.30. The summed E-state index contributed by atoms with van der Waals surface area (Å²) in [5, 5.41) is 4.80. The first-order chi connectivity index (χ1) is 26.8. The van der Waals surface area contributed by atoms with E-state index in [2.05, 4.69) is 203 Å². The Hall–Kier alpha value is -7.30. The number of fused-ring (bicyclic) bond motifs is 8. The predicted octanol–water partition coefficient (Wildman–Crippen LogP) is 12.5. The molecule has 3 heterocycles. The summed E-state index contributed by atoms with van der Waals surface area (Å²) in [5.74, 6) is 0. The van der Waals surface area contributed by atoms with Crippen molar-refractivity contribution >= 4 is 66.4 Å². The molecule has 0 fully saturated rings. The van der Waals surface area contributed by atoms with Gasteiger partial charge in [-0.25, -0.2) is 9.98 Å². The number of nitrogens with zero attached hydrogens (tertiary/aromatic N) is 4. The summed E-state index contributed by atoms with van der Waals surface area (Å²) in [6.45, 7) is 0. The van der Waals surface area contributed by atoms with Crippen LogP contribution in [0.2, 0.25) is 0 Å². The Balaban J connectivity index is 1.11. The molecule has 4 nitrogen and oxygen atoms in total. The van der Waals surface area contributed by atoms with Gasteiger partial charge in [0.05, 0.1) is 44.9 Å². The topological polar surface area (TPSA) is 34.6 Å². The molecule has 8 aromatic carbocycles. The standard InChI is InChI=1S/C50H32N4/c1-3-15-35(16-4-1)53-45-25-13-9-19-37(45)41-31-33(27-29-47(41)53)49-39-21-7-11-23-43(39)52-50(40-22-8-12-24-44(40)51-49)34-28-30-48-42(32-34)38-20-10-14-26-46(38)54(48)36-17-5-2-6-18-36/h1-32H/b49-39?,50-40?,51-44?,51-49-,52-43?,52-50-. The third-order valence-electron chi connectivity index (χ3n) is 10.7. The molecule has 0 saturated heterocycles. The number of aromatic nitrogens is 2. The van der Waals surface area contributed by atoms with Crippen molar-refractivity contribution < 1.29 is 0 Å². The van der Waals surface area contributed by atoms with Crippen molar-refractivity contribution in [2.45, 2.75) is 0 Å². The van der Waals surface area contributed by atoms with E-state index in [9.17, 15) is 0 Å². The summed E-state index contributed by atoms with van der Waals surface area (Å²) < 4.78 is 4.70. The lowest BCUT2D eigenvalue weighted by atomic mass is 9.94.